The van der Waals surface area contributed by atoms with Gasteiger partial charge >= 0.3 is 0 Å². The van der Waals surface area contributed by atoms with Gasteiger partial charge in [0.1, 0.15) is 11.4 Å². The summed E-state index contributed by atoms with van der Waals surface area (Å²) in [5.41, 5.74) is 5.12. The maximum Gasteiger partial charge on any atom is 0.240 e. The fourth-order valence-corrected chi connectivity index (χ4v) is 2.90. The molecule has 0 aromatic carbocycles. The van der Waals surface area contributed by atoms with E-state index < -0.39 is 5.54 Å². The number of nitrogens with two attached hydrogens (primary N) is 1. The number of nitrogens with one attached hydrogen (secondary N) is 1. The van der Waals surface area contributed by atoms with Crippen molar-refractivity contribution in [1.29, 1.82) is 0 Å². The Morgan fingerprint density at radius 3 is 2.86 bits per heavy atom. The van der Waals surface area contributed by atoms with Gasteiger partial charge in [-0.2, -0.15) is 0 Å². The van der Waals surface area contributed by atoms with Crippen LogP contribution in [0.15, 0.2) is 12.4 Å². The molecule has 0 saturated heterocycles. The van der Waals surface area contributed by atoms with Gasteiger partial charge in [0.05, 0.1) is 6.10 Å². The van der Waals surface area contributed by atoms with Crippen LogP contribution in [0.2, 0.25) is 0 Å². The average molecular weight is 294 g/mol. The van der Waals surface area contributed by atoms with Crippen molar-refractivity contribution < 1.29 is 9.53 Å². The number of hydrogen-bond donors (Lipinski definition) is 2. The summed E-state index contributed by atoms with van der Waals surface area (Å²) in [5, 5.41) is 2.94. The molecule has 1 aliphatic rings. The summed E-state index contributed by atoms with van der Waals surface area (Å²) >= 11 is 0. The fraction of sp³-hybridized carbons (Fsp3) is 0.733. The lowest BCUT2D eigenvalue weighted by molar-refractivity contribution is -0.170. The number of nitrogens with zero attached hydrogens (tertiary/aromatic N) is 2. The van der Waals surface area contributed by atoms with E-state index in [9.17, 15) is 4.79 Å². The third-order valence-corrected chi connectivity index (χ3v) is 4.79. The van der Waals surface area contributed by atoms with Crippen molar-refractivity contribution in [2.75, 3.05) is 13.2 Å². The third kappa shape index (κ3) is 2.70. The zero-order chi connectivity index (χ0) is 15.7. The van der Waals surface area contributed by atoms with E-state index in [1.807, 2.05) is 38.6 Å². The molecule has 1 saturated carbocycles. The third-order valence-electron chi connectivity index (χ3n) is 4.79. The van der Waals surface area contributed by atoms with Gasteiger partial charge in [-0.25, -0.2) is 4.98 Å². The number of aryl methyl sites for hydroxylation is 1. The van der Waals surface area contributed by atoms with Gasteiger partial charge in [-0.15, -0.1) is 0 Å². The van der Waals surface area contributed by atoms with Crippen LogP contribution in [0.1, 0.15) is 33.0 Å². The van der Waals surface area contributed by atoms with Gasteiger partial charge in [-0.05, 0) is 6.92 Å². The molecule has 2 unspecified atom stereocenters. The average Bonchev–Trinajstić information content (AvgIpc) is 2.84. The number of imidazole rings is 1. The first-order valence-electron chi connectivity index (χ1n) is 7.48. The lowest BCUT2D eigenvalue weighted by Gasteiger charge is -2.57. The minimum atomic E-state index is -0.853. The molecule has 21 heavy (non-hydrogen) atoms. The molecule has 6 nitrogen and oxygen atoms in total. The van der Waals surface area contributed by atoms with E-state index in [4.69, 9.17) is 10.5 Å². The number of carbonyl (C=O) groups is 1. The Balaban J connectivity index is 1.87. The molecule has 0 spiro atoms. The highest BCUT2D eigenvalue weighted by molar-refractivity contribution is 5.88. The Labute approximate surface area is 126 Å². The predicted molar refractivity (Wildman–Crippen MR) is 80.7 cm³/mol. The van der Waals surface area contributed by atoms with Crippen LogP contribution in [-0.4, -0.2) is 40.3 Å². The number of aromatic nitrogens is 2. The smallest absolute Gasteiger partial charge is 0.240 e. The first kappa shape index (κ1) is 16.0. The fourth-order valence-electron chi connectivity index (χ4n) is 2.90. The highest BCUT2D eigenvalue weighted by atomic mass is 16.5. The molecule has 1 aliphatic carbocycles. The maximum atomic E-state index is 12.4. The van der Waals surface area contributed by atoms with Crippen LogP contribution in [0.4, 0.5) is 0 Å². The summed E-state index contributed by atoms with van der Waals surface area (Å²) in [6.45, 7) is 7.13. The Hall–Kier alpha value is -1.40. The van der Waals surface area contributed by atoms with Crippen LogP contribution in [-0.2, 0) is 23.0 Å². The summed E-state index contributed by atoms with van der Waals surface area (Å²) in [4.78, 5) is 16.6. The lowest BCUT2D eigenvalue weighted by atomic mass is 9.54. The molecular weight excluding hydrogens is 268 g/mol. The van der Waals surface area contributed by atoms with Crippen molar-refractivity contribution in [3.05, 3.63) is 18.2 Å². The first-order valence-corrected chi connectivity index (χ1v) is 7.48. The van der Waals surface area contributed by atoms with Gasteiger partial charge in [0, 0.05) is 50.8 Å². The highest BCUT2D eigenvalue weighted by Gasteiger charge is 2.62. The monoisotopic (exact) mass is 294 g/mol. The van der Waals surface area contributed by atoms with Crippen molar-refractivity contribution >= 4 is 5.91 Å². The van der Waals surface area contributed by atoms with Gasteiger partial charge in [0.2, 0.25) is 5.91 Å². The topological polar surface area (TPSA) is 82.2 Å². The van der Waals surface area contributed by atoms with Crippen LogP contribution in [0.25, 0.3) is 0 Å². The Morgan fingerprint density at radius 1 is 1.62 bits per heavy atom. The molecule has 1 aromatic heterocycles. The largest absolute Gasteiger partial charge is 0.378 e. The summed E-state index contributed by atoms with van der Waals surface area (Å²) in [6, 6.07) is 0. The predicted octanol–water partition coefficient (Wildman–Crippen LogP) is 0.611. The first-order chi connectivity index (χ1) is 9.83. The molecule has 2 atom stereocenters. The van der Waals surface area contributed by atoms with E-state index in [0.29, 0.717) is 26.0 Å². The Bertz CT molecular complexity index is 512. The maximum absolute atomic E-state index is 12.4. The summed E-state index contributed by atoms with van der Waals surface area (Å²) in [7, 11) is 1.94. The van der Waals surface area contributed by atoms with Gasteiger partial charge in [-0.3, -0.25) is 4.79 Å². The van der Waals surface area contributed by atoms with Crippen LogP contribution in [0.5, 0.6) is 0 Å². The number of hydrogen-bond acceptors (Lipinski definition) is 4. The zero-order valence-corrected chi connectivity index (χ0v) is 13.3. The molecule has 1 aromatic rings. The SMILES string of the molecule is CCOC1CC(N)(C(=O)NCCc2nccn2C)C1(C)C. The van der Waals surface area contributed by atoms with Gasteiger partial charge in [0.15, 0.2) is 0 Å². The Morgan fingerprint density at radius 2 is 2.33 bits per heavy atom. The molecule has 0 radical (unpaired) electrons. The Kier molecular flexibility index (Phi) is 4.39. The molecule has 2 rings (SSSR count). The minimum Gasteiger partial charge on any atom is -0.378 e. The summed E-state index contributed by atoms with van der Waals surface area (Å²) in [6.07, 6.45) is 4.96. The van der Waals surface area contributed by atoms with Crippen LogP contribution in [0.3, 0.4) is 0 Å². The van der Waals surface area contributed by atoms with E-state index in [1.165, 1.54) is 0 Å². The van der Waals surface area contributed by atoms with E-state index in [2.05, 4.69) is 10.3 Å². The summed E-state index contributed by atoms with van der Waals surface area (Å²) < 4.78 is 7.59. The number of amides is 1. The highest BCUT2D eigenvalue weighted by Crippen LogP contribution is 2.49. The number of ether oxygens (including phenoxy) is 1. The van der Waals surface area contributed by atoms with Crippen molar-refractivity contribution in [2.45, 2.75) is 45.3 Å². The van der Waals surface area contributed by atoms with Gasteiger partial charge in [0.25, 0.3) is 0 Å². The van der Waals surface area contributed by atoms with Crippen LogP contribution >= 0.6 is 0 Å². The minimum absolute atomic E-state index is 0.0489. The quantitative estimate of drug-likeness (QED) is 0.805. The molecular formula is C15H26N4O2. The molecule has 6 heteroatoms. The number of carbonyl (C=O) groups excluding carboxylic acids is 1. The lowest BCUT2D eigenvalue weighted by Crippen LogP contribution is -2.75. The zero-order valence-electron chi connectivity index (χ0n) is 13.3. The van der Waals surface area contributed by atoms with Crippen LogP contribution < -0.4 is 11.1 Å². The second kappa shape index (κ2) is 5.77. The van der Waals surface area contributed by atoms with Crippen molar-refractivity contribution in [3.63, 3.8) is 0 Å². The molecule has 118 valence electrons. The van der Waals surface area contributed by atoms with Crippen molar-refractivity contribution in [2.24, 2.45) is 18.2 Å². The number of rotatable bonds is 6. The normalized spacial score (nSPS) is 27.2. The van der Waals surface area contributed by atoms with E-state index in [1.54, 1.807) is 6.20 Å². The molecule has 1 amide bonds. The van der Waals surface area contributed by atoms with Gasteiger partial charge in [-0.1, -0.05) is 13.8 Å². The van der Waals surface area contributed by atoms with Crippen LogP contribution in [0, 0.1) is 5.41 Å². The van der Waals surface area contributed by atoms with E-state index in [0.717, 1.165) is 5.82 Å². The standard InChI is InChI=1S/C15H26N4O2/c1-5-21-11-10-15(16,14(11,2)3)13(20)18-7-6-12-17-8-9-19(12)4/h8-9,11H,5-7,10,16H2,1-4H3,(H,18,20). The molecule has 1 fully saturated rings. The van der Waals surface area contributed by atoms with E-state index in [-0.39, 0.29) is 17.4 Å². The van der Waals surface area contributed by atoms with Gasteiger partial charge < -0.3 is 20.4 Å². The molecule has 0 aliphatic heterocycles. The molecule has 1 heterocycles. The summed E-state index contributed by atoms with van der Waals surface area (Å²) in [5.74, 6) is 0.846. The van der Waals surface area contributed by atoms with Crippen molar-refractivity contribution in [1.82, 2.24) is 14.9 Å². The second-order valence-corrected chi connectivity index (χ2v) is 6.30. The molecule has 0 bridgehead atoms. The van der Waals surface area contributed by atoms with Crippen molar-refractivity contribution in [3.8, 4) is 0 Å². The molecule has 3 N–H and O–H groups in total. The van der Waals surface area contributed by atoms with E-state index >= 15 is 0 Å². The second-order valence-electron chi connectivity index (χ2n) is 6.30.